The third-order valence-corrected chi connectivity index (χ3v) is 5.47. The number of hydrogen-bond acceptors (Lipinski definition) is 3. The van der Waals surface area contributed by atoms with Crippen molar-refractivity contribution in [1.29, 1.82) is 0 Å². The molecule has 3 nitrogen and oxygen atoms in total. The summed E-state index contributed by atoms with van der Waals surface area (Å²) in [5.41, 5.74) is 3.96. The van der Waals surface area contributed by atoms with Gasteiger partial charge in [-0.1, -0.05) is 34.9 Å². The summed E-state index contributed by atoms with van der Waals surface area (Å²) in [4.78, 5) is 11.9. The van der Waals surface area contributed by atoms with Crippen LogP contribution in [0.2, 0.25) is 0 Å². The average Bonchev–Trinajstić information content (AvgIpc) is 3.21. The van der Waals surface area contributed by atoms with Crippen LogP contribution in [-0.2, 0) is 14.3 Å². The lowest BCUT2D eigenvalue weighted by atomic mass is 9.92. The summed E-state index contributed by atoms with van der Waals surface area (Å²) in [5, 5.41) is 0. The Labute approximate surface area is 146 Å². The summed E-state index contributed by atoms with van der Waals surface area (Å²) < 4.78 is 10.9. The molecule has 1 saturated heterocycles. The van der Waals surface area contributed by atoms with Crippen LogP contribution in [0.15, 0.2) is 34.9 Å². The zero-order valence-electron chi connectivity index (χ0n) is 15.9. The fourth-order valence-corrected chi connectivity index (χ4v) is 3.39. The van der Waals surface area contributed by atoms with Gasteiger partial charge in [0.25, 0.3) is 0 Å². The molecule has 0 aromatic heterocycles. The summed E-state index contributed by atoms with van der Waals surface area (Å²) in [6, 6.07) is 0. The molecule has 3 heteroatoms. The molecule has 134 valence electrons. The first-order valence-corrected chi connectivity index (χ1v) is 9.13. The largest absolute Gasteiger partial charge is 0.469 e. The highest BCUT2D eigenvalue weighted by atomic mass is 16.6. The molecule has 0 aromatic carbocycles. The van der Waals surface area contributed by atoms with E-state index in [1.807, 2.05) is 6.92 Å². The first kappa shape index (κ1) is 19.0. The van der Waals surface area contributed by atoms with E-state index in [0.29, 0.717) is 6.10 Å². The van der Waals surface area contributed by atoms with Crippen molar-refractivity contribution in [2.75, 3.05) is 7.11 Å². The van der Waals surface area contributed by atoms with Crippen molar-refractivity contribution in [3.8, 4) is 0 Å². The number of carbonyl (C=O) groups excluding carboxylic acids is 1. The predicted molar refractivity (Wildman–Crippen MR) is 97.8 cm³/mol. The fourth-order valence-electron chi connectivity index (χ4n) is 3.39. The van der Waals surface area contributed by atoms with E-state index in [4.69, 9.17) is 9.47 Å². The minimum atomic E-state index is -0.185. The smallest absolute Gasteiger partial charge is 0.312 e. The Morgan fingerprint density at radius 2 is 2.00 bits per heavy atom. The van der Waals surface area contributed by atoms with Crippen LogP contribution in [0.3, 0.4) is 0 Å². The summed E-state index contributed by atoms with van der Waals surface area (Å²) in [6.07, 6.45) is 13.2. The highest BCUT2D eigenvalue weighted by Crippen LogP contribution is 2.43. The number of rotatable bonds is 2. The quantitative estimate of drug-likeness (QED) is 0.400. The van der Waals surface area contributed by atoms with Gasteiger partial charge in [0.1, 0.15) is 0 Å². The number of epoxide rings is 1. The van der Waals surface area contributed by atoms with Gasteiger partial charge in [-0.3, -0.25) is 4.79 Å². The molecule has 0 aromatic rings. The second kappa shape index (κ2) is 8.15. The molecule has 0 bridgehead atoms. The molecule has 0 saturated carbocycles. The van der Waals surface area contributed by atoms with Gasteiger partial charge in [0, 0.05) is 0 Å². The molecule has 2 rings (SSSR count). The lowest BCUT2D eigenvalue weighted by Crippen LogP contribution is -2.15. The Hall–Kier alpha value is -1.35. The van der Waals surface area contributed by atoms with E-state index >= 15 is 0 Å². The minimum Gasteiger partial charge on any atom is -0.469 e. The van der Waals surface area contributed by atoms with Crippen LogP contribution in [0, 0.1) is 5.92 Å². The molecular formula is C21H32O3. The van der Waals surface area contributed by atoms with Crippen molar-refractivity contribution in [2.45, 2.75) is 77.9 Å². The van der Waals surface area contributed by atoms with Gasteiger partial charge in [-0.2, -0.15) is 0 Å². The van der Waals surface area contributed by atoms with Gasteiger partial charge in [0.15, 0.2) is 0 Å². The molecule has 3 atom stereocenters. The molecule has 1 heterocycles. The van der Waals surface area contributed by atoms with E-state index in [0.717, 1.165) is 44.1 Å². The predicted octanol–water partition coefficient (Wildman–Crippen LogP) is 5.13. The van der Waals surface area contributed by atoms with Crippen molar-refractivity contribution in [3.05, 3.63) is 34.9 Å². The lowest BCUT2D eigenvalue weighted by Gasteiger charge is -2.15. The standard InChI is InChI=1S/C21H32O3/c1-15-7-6-14-21(4)19(24-21)13-10-16(2)9-12-18(11-8-15)17(3)20(22)23-5/h7,9,12,17,19H,6,8,10-11,13-14H2,1-5H3/b15-7-,16-9-,18-12-/t17?,19-,21-/m0/s1. The second-order valence-corrected chi connectivity index (χ2v) is 7.55. The van der Waals surface area contributed by atoms with Crippen molar-refractivity contribution in [3.63, 3.8) is 0 Å². The van der Waals surface area contributed by atoms with E-state index in [9.17, 15) is 4.79 Å². The van der Waals surface area contributed by atoms with Crippen LogP contribution in [0.25, 0.3) is 0 Å². The maximum atomic E-state index is 11.9. The van der Waals surface area contributed by atoms with E-state index in [2.05, 4.69) is 39.0 Å². The molecule has 24 heavy (non-hydrogen) atoms. The minimum absolute atomic E-state index is 0.0849. The van der Waals surface area contributed by atoms with Crippen LogP contribution in [0.5, 0.6) is 0 Å². The van der Waals surface area contributed by atoms with Crippen LogP contribution in [0.4, 0.5) is 0 Å². The van der Waals surface area contributed by atoms with Crippen molar-refractivity contribution in [2.24, 2.45) is 5.92 Å². The fraction of sp³-hybridized carbons (Fsp3) is 0.667. The first-order valence-electron chi connectivity index (χ1n) is 9.13. The summed E-state index contributed by atoms with van der Waals surface area (Å²) >= 11 is 0. The van der Waals surface area contributed by atoms with Crippen molar-refractivity contribution < 1.29 is 14.3 Å². The first-order chi connectivity index (χ1) is 11.4. The second-order valence-electron chi connectivity index (χ2n) is 7.55. The number of carbonyl (C=O) groups is 1. The molecule has 1 aliphatic carbocycles. The van der Waals surface area contributed by atoms with Crippen LogP contribution >= 0.6 is 0 Å². The van der Waals surface area contributed by atoms with Crippen LogP contribution < -0.4 is 0 Å². The Bertz CT molecular complexity index is 555. The number of allylic oxidation sites excluding steroid dienone is 5. The van der Waals surface area contributed by atoms with Crippen molar-refractivity contribution in [1.82, 2.24) is 0 Å². The zero-order chi connectivity index (χ0) is 17.7. The van der Waals surface area contributed by atoms with Crippen LogP contribution in [-0.4, -0.2) is 24.8 Å². The maximum absolute atomic E-state index is 11.9. The van der Waals surface area contributed by atoms with Gasteiger partial charge >= 0.3 is 5.97 Å². The molecule has 1 aliphatic heterocycles. The summed E-state index contributed by atoms with van der Waals surface area (Å²) in [6.45, 7) is 8.52. The summed E-state index contributed by atoms with van der Waals surface area (Å²) in [7, 11) is 1.46. The summed E-state index contributed by atoms with van der Waals surface area (Å²) in [5.74, 6) is -0.341. The van der Waals surface area contributed by atoms with E-state index < -0.39 is 0 Å². The van der Waals surface area contributed by atoms with Crippen molar-refractivity contribution >= 4 is 5.97 Å². The van der Waals surface area contributed by atoms with Gasteiger partial charge in [0.05, 0.1) is 24.7 Å². The third-order valence-electron chi connectivity index (χ3n) is 5.47. The number of methoxy groups -OCH3 is 1. The average molecular weight is 332 g/mol. The topological polar surface area (TPSA) is 38.8 Å². The molecule has 0 amide bonds. The maximum Gasteiger partial charge on any atom is 0.312 e. The Balaban J connectivity index is 2.16. The van der Waals surface area contributed by atoms with Gasteiger partial charge in [-0.05, 0) is 66.2 Å². The van der Waals surface area contributed by atoms with Gasteiger partial charge in [-0.25, -0.2) is 0 Å². The number of hydrogen-bond donors (Lipinski definition) is 0. The SMILES string of the molecule is COC(=O)C(C)/C1=C\C=C(\C)CC[C@@H]2O[C@@]2(C)CC/C=C(/C)CC1. The molecule has 2 aliphatic rings. The number of esters is 1. The molecule has 1 unspecified atom stereocenters. The number of fused-ring (bicyclic) bond motifs is 1. The molecule has 1 fully saturated rings. The molecule has 0 spiro atoms. The lowest BCUT2D eigenvalue weighted by molar-refractivity contribution is -0.143. The van der Waals surface area contributed by atoms with Gasteiger partial charge in [0.2, 0.25) is 0 Å². The van der Waals surface area contributed by atoms with E-state index in [1.54, 1.807) is 0 Å². The normalized spacial score (nSPS) is 36.5. The van der Waals surface area contributed by atoms with E-state index in [-0.39, 0.29) is 17.5 Å². The molecular weight excluding hydrogens is 300 g/mol. The molecule has 0 radical (unpaired) electrons. The molecule has 0 N–H and O–H groups in total. The zero-order valence-corrected chi connectivity index (χ0v) is 15.9. The monoisotopic (exact) mass is 332 g/mol. The third kappa shape index (κ3) is 5.07. The van der Waals surface area contributed by atoms with Crippen LogP contribution in [0.1, 0.15) is 66.2 Å². The Morgan fingerprint density at radius 3 is 2.71 bits per heavy atom. The number of ether oxygens (including phenoxy) is 2. The van der Waals surface area contributed by atoms with Gasteiger partial charge in [-0.15, -0.1) is 0 Å². The highest BCUT2D eigenvalue weighted by Gasteiger charge is 2.50. The van der Waals surface area contributed by atoms with Gasteiger partial charge < -0.3 is 9.47 Å². The highest BCUT2D eigenvalue weighted by molar-refractivity contribution is 5.75. The Kier molecular flexibility index (Phi) is 6.45. The Morgan fingerprint density at radius 1 is 1.25 bits per heavy atom. The van der Waals surface area contributed by atoms with E-state index in [1.165, 1.54) is 18.3 Å².